The van der Waals surface area contributed by atoms with Crippen molar-refractivity contribution in [2.75, 3.05) is 17.2 Å². The molecule has 1 amide bonds. The molecule has 0 saturated carbocycles. The fourth-order valence-corrected chi connectivity index (χ4v) is 1.89. The first-order chi connectivity index (χ1) is 10.1. The van der Waals surface area contributed by atoms with E-state index in [1.165, 1.54) is 0 Å². The highest BCUT2D eigenvalue weighted by Crippen LogP contribution is 2.23. The van der Waals surface area contributed by atoms with Gasteiger partial charge in [0.1, 0.15) is 5.82 Å². The van der Waals surface area contributed by atoms with Gasteiger partial charge in [-0.05, 0) is 43.2 Å². The lowest BCUT2D eigenvalue weighted by molar-refractivity contribution is 0.102. The molecule has 0 aliphatic rings. The van der Waals surface area contributed by atoms with Crippen LogP contribution in [0.25, 0.3) is 0 Å². The topological polar surface area (TPSA) is 66.9 Å². The van der Waals surface area contributed by atoms with Crippen molar-refractivity contribution in [3.8, 4) is 0 Å². The van der Waals surface area contributed by atoms with Crippen LogP contribution in [-0.2, 0) is 0 Å². The van der Waals surface area contributed by atoms with Crippen molar-refractivity contribution >= 4 is 29.0 Å². The van der Waals surface area contributed by atoms with Crippen molar-refractivity contribution in [1.29, 1.82) is 0 Å². The molecule has 1 heterocycles. The molecule has 0 unspecified atom stereocenters. The van der Waals surface area contributed by atoms with E-state index in [9.17, 15) is 4.79 Å². The van der Waals surface area contributed by atoms with Gasteiger partial charge in [-0.3, -0.25) is 4.79 Å². The largest absolute Gasteiger partial charge is 0.369 e. The van der Waals surface area contributed by atoms with Gasteiger partial charge in [-0.15, -0.1) is 10.2 Å². The van der Waals surface area contributed by atoms with Gasteiger partial charge in [0.05, 0.1) is 10.7 Å². The van der Waals surface area contributed by atoms with Gasteiger partial charge < -0.3 is 10.6 Å². The third kappa shape index (κ3) is 4.16. The number of nitrogens with one attached hydrogen (secondary N) is 2. The van der Waals surface area contributed by atoms with Crippen LogP contribution in [0.5, 0.6) is 0 Å². The molecule has 0 bridgehead atoms. The second-order valence-electron chi connectivity index (χ2n) is 4.67. The number of nitrogens with zero attached hydrogens (tertiary/aromatic N) is 2. The Labute approximate surface area is 128 Å². The zero-order chi connectivity index (χ0) is 15.2. The molecule has 0 saturated heterocycles. The maximum absolute atomic E-state index is 12.1. The number of aromatic nitrogens is 2. The Bertz CT molecular complexity index is 628. The monoisotopic (exact) mass is 304 g/mol. The van der Waals surface area contributed by atoms with Crippen LogP contribution in [0.3, 0.4) is 0 Å². The fraction of sp³-hybridized carbons (Fsp3) is 0.267. The van der Waals surface area contributed by atoms with Crippen LogP contribution in [0, 0.1) is 6.92 Å². The number of hydrogen-bond donors (Lipinski definition) is 2. The van der Waals surface area contributed by atoms with E-state index < -0.39 is 0 Å². The predicted molar refractivity (Wildman–Crippen MR) is 85.0 cm³/mol. The minimum absolute atomic E-state index is 0.245. The number of carbonyl (C=O) groups excluding carboxylic acids is 1. The van der Waals surface area contributed by atoms with Crippen LogP contribution < -0.4 is 10.6 Å². The summed E-state index contributed by atoms with van der Waals surface area (Å²) >= 11 is 6.05. The van der Waals surface area contributed by atoms with Crippen LogP contribution in [0.15, 0.2) is 30.3 Å². The zero-order valence-corrected chi connectivity index (χ0v) is 12.7. The number of halogens is 1. The van der Waals surface area contributed by atoms with Crippen LogP contribution >= 0.6 is 11.6 Å². The normalized spacial score (nSPS) is 10.2. The summed E-state index contributed by atoms with van der Waals surface area (Å²) in [4.78, 5) is 12.1. The first-order valence-corrected chi connectivity index (χ1v) is 7.13. The fourth-order valence-electron chi connectivity index (χ4n) is 1.72. The summed E-state index contributed by atoms with van der Waals surface area (Å²) < 4.78 is 0. The Morgan fingerprint density at radius 1 is 1.24 bits per heavy atom. The highest BCUT2D eigenvalue weighted by atomic mass is 35.5. The Balaban J connectivity index is 2.07. The van der Waals surface area contributed by atoms with Gasteiger partial charge in [-0.2, -0.15) is 0 Å². The summed E-state index contributed by atoms with van der Waals surface area (Å²) in [7, 11) is 0. The van der Waals surface area contributed by atoms with Gasteiger partial charge >= 0.3 is 0 Å². The molecule has 0 aliphatic heterocycles. The van der Waals surface area contributed by atoms with E-state index in [0.29, 0.717) is 16.5 Å². The van der Waals surface area contributed by atoms with Crippen molar-refractivity contribution in [3.63, 3.8) is 0 Å². The molecular weight excluding hydrogens is 288 g/mol. The molecule has 2 rings (SSSR count). The number of benzene rings is 1. The Morgan fingerprint density at radius 2 is 2.05 bits per heavy atom. The lowest BCUT2D eigenvalue weighted by Crippen LogP contribution is -2.15. The Morgan fingerprint density at radius 3 is 2.71 bits per heavy atom. The number of hydrogen-bond acceptors (Lipinski definition) is 4. The minimum atomic E-state index is -0.336. The zero-order valence-electron chi connectivity index (χ0n) is 12.0. The van der Waals surface area contributed by atoms with E-state index in [4.69, 9.17) is 11.6 Å². The van der Waals surface area contributed by atoms with Gasteiger partial charge in [-0.25, -0.2) is 0 Å². The lowest BCUT2D eigenvalue weighted by atomic mass is 10.2. The van der Waals surface area contributed by atoms with Crippen LogP contribution in [-0.4, -0.2) is 22.6 Å². The minimum Gasteiger partial charge on any atom is -0.369 e. The van der Waals surface area contributed by atoms with E-state index in [2.05, 4.69) is 27.8 Å². The van der Waals surface area contributed by atoms with Crippen molar-refractivity contribution in [2.24, 2.45) is 0 Å². The van der Waals surface area contributed by atoms with E-state index >= 15 is 0 Å². The van der Waals surface area contributed by atoms with Gasteiger partial charge in [0, 0.05) is 6.54 Å². The first kappa shape index (κ1) is 15.3. The summed E-state index contributed by atoms with van der Waals surface area (Å²) in [6, 6.07) is 8.80. The quantitative estimate of drug-likeness (QED) is 0.887. The summed E-state index contributed by atoms with van der Waals surface area (Å²) in [5.74, 6) is 0.319. The average Bonchev–Trinajstić information content (AvgIpc) is 2.49. The maximum atomic E-state index is 12.1. The molecule has 2 N–H and O–H groups in total. The van der Waals surface area contributed by atoms with Crippen molar-refractivity contribution in [1.82, 2.24) is 10.2 Å². The third-order valence-corrected chi connectivity index (χ3v) is 3.15. The molecule has 0 aliphatic carbocycles. The summed E-state index contributed by atoms with van der Waals surface area (Å²) in [6.07, 6.45) is 0.996. The molecule has 0 atom stereocenters. The molecule has 5 nitrogen and oxygen atoms in total. The number of aryl methyl sites for hydroxylation is 1. The number of anilines is 2. The number of amides is 1. The lowest BCUT2D eigenvalue weighted by Gasteiger charge is -2.08. The molecule has 6 heteroatoms. The molecular formula is C15H17ClN4O. The van der Waals surface area contributed by atoms with Crippen LogP contribution in [0.2, 0.25) is 5.02 Å². The second kappa shape index (κ2) is 7.04. The molecule has 1 aromatic carbocycles. The van der Waals surface area contributed by atoms with Crippen molar-refractivity contribution in [3.05, 3.63) is 46.6 Å². The number of carbonyl (C=O) groups is 1. The van der Waals surface area contributed by atoms with E-state index in [-0.39, 0.29) is 11.6 Å². The molecule has 21 heavy (non-hydrogen) atoms. The van der Waals surface area contributed by atoms with Crippen LogP contribution in [0.4, 0.5) is 11.5 Å². The average molecular weight is 305 g/mol. The van der Waals surface area contributed by atoms with E-state index in [0.717, 1.165) is 18.5 Å². The highest BCUT2D eigenvalue weighted by Gasteiger charge is 2.10. The molecule has 2 aromatic rings. The van der Waals surface area contributed by atoms with Gasteiger partial charge in [0.15, 0.2) is 5.69 Å². The van der Waals surface area contributed by atoms with Crippen LogP contribution in [0.1, 0.15) is 29.4 Å². The van der Waals surface area contributed by atoms with Crippen molar-refractivity contribution < 1.29 is 4.79 Å². The van der Waals surface area contributed by atoms with Gasteiger partial charge in [0.25, 0.3) is 5.91 Å². The molecule has 0 fully saturated rings. The second-order valence-corrected chi connectivity index (χ2v) is 5.08. The molecule has 0 radical (unpaired) electrons. The van der Waals surface area contributed by atoms with E-state index in [1.54, 1.807) is 18.2 Å². The highest BCUT2D eigenvalue weighted by molar-refractivity contribution is 6.33. The van der Waals surface area contributed by atoms with Crippen molar-refractivity contribution in [2.45, 2.75) is 20.3 Å². The first-order valence-electron chi connectivity index (χ1n) is 6.75. The molecule has 110 valence electrons. The summed E-state index contributed by atoms with van der Waals surface area (Å²) in [6.45, 7) is 4.81. The SMILES string of the molecule is CCCNc1ccc(C(=O)Nc2cc(C)ccc2Cl)nn1. The Kier molecular flexibility index (Phi) is 5.11. The summed E-state index contributed by atoms with van der Waals surface area (Å²) in [5, 5.41) is 14.2. The molecule has 1 aromatic heterocycles. The smallest absolute Gasteiger partial charge is 0.276 e. The maximum Gasteiger partial charge on any atom is 0.276 e. The standard InChI is InChI=1S/C15H17ClN4O/c1-3-8-17-14-7-6-12(19-20-14)15(21)18-13-9-10(2)4-5-11(13)16/h4-7,9H,3,8H2,1-2H3,(H,17,20)(H,18,21). The van der Waals surface area contributed by atoms with E-state index in [1.807, 2.05) is 19.1 Å². The Hall–Kier alpha value is -2.14. The molecule has 0 spiro atoms. The van der Waals surface area contributed by atoms with Gasteiger partial charge in [0.2, 0.25) is 0 Å². The summed E-state index contributed by atoms with van der Waals surface area (Å²) in [5.41, 5.74) is 1.83. The predicted octanol–water partition coefficient (Wildman–Crippen LogP) is 3.51. The number of rotatable bonds is 5. The van der Waals surface area contributed by atoms with Gasteiger partial charge in [-0.1, -0.05) is 24.6 Å². The third-order valence-electron chi connectivity index (χ3n) is 2.82.